The van der Waals surface area contributed by atoms with Gasteiger partial charge in [-0.15, -0.1) is 10.2 Å². The standard InChI is InChI=1S/C11H13N3S/c1-2-4-8-5-3-6-9(7-8)10-13-14-11(12)15-10/h3,5-7H,2,4H2,1H3,(H2,12,14). The summed E-state index contributed by atoms with van der Waals surface area (Å²) >= 11 is 1.42. The predicted octanol–water partition coefficient (Wildman–Crippen LogP) is 2.74. The zero-order valence-electron chi connectivity index (χ0n) is 8.60. The Morgan fingerprint density at radius 1 is 1.33 bits per heavy atom. The lowest BCUT2D eigenvalue weighted by molar-refractivity contribution is 0.922. The van der Waals surface area contributed by atoms with E-state index in [-0.39, 0.29) is 0 Å². The maximum Gasteiger partial charge on any atom is 0.203 e. The third-order valence-electron chi connectivity index (χ3n) is 2.15. The summed E-state index contributed by atoms with van der Waals surface area (Å²) in [5, 5.41) is 9.26. The van der Waals surface area contributed by atoms with E-state index in [4.69, 9.17) is 5.73 Å². The van der Waals surface area contributed by atoms with Crippen molar-refractivity contribution in [2.75, 3.05) is 5.73 Å². The van der Waals surface area contributed by atoms with Crippen LogP contribution < -0.4 is 5.73 Å². The summed E-state index contributed by atoms with van der Waals surface area (Å²) in [5.74, 6) is 0. The highest BCUT2D eigenvalue weighted by molar-refractivity contribution is 7.18. The molecule has 0 unspecified atom stereocenters. The Balaban J connectivity index is 2.32. The third kappa shape index (κ3) is 2.33. The quantitative estimate of drug-likeness (QED) is 0.863. The fourth-order valence-corrected chi connectivity index (χ4v) is 2.11. The number of hydrogen-bond acceptors (Lipinski definition) is 4. The van der Waals surface area contributed by atoms with Gasteiger partial charge in [-0.1, -0.05) is 42.9 Å². The Labute approximate surface area is 93.0 Å². The second-order valence-electron chi connectivity index (χ2n) is 3.40. The first-order valence-electron chi connectivity index (χ1n) is 4.98. The van der Waals surface area contributed by atoms with Gasteiger partial charge in [-0.05, 0) is 18.1 Å². The molecule has 2 aromatic rings. The minimum atomic E-state index is 0.519. The lowest BCUT2D eigenvalue weighted by Gasteiger charge is -2.00. The van der Waals surface area contributed by atoms with Crippen molar-refractivity contribution in [3.05, 3.63) is 29.8 Å². The second-order valence-corrected chi connectivity index (χ2v) is 4.40. The molecule has 0 atom stereocenters. The van der Waals surface area contributed by atoms with Crippen molar-refractivity contribution in [3.8, 4) is 10.6 Å². The van der Waals surface area contributed by atoms with Gasteiger partial charge in [0.2, 0.25) is 5.13 Å². The summed E-state index contributed by atoms with van der Waals surface area (Å²) in [4.78, 5) is 0. The number of aryl methyl sites for hydroxylation is 1. The molecule has 0 saturated heterocycles. The van der Waals surface area contributed by atoms with E-state index in [2.05, 4.69) is 35.3 Å². The van der Waals surface area contributed by atoms with E-state index in [1.807, 2.05) is 6.07 Å². The third-order valence-corrected chi connectivity index (χ3v) is 2.95. The zero-order chi connectivity index (χ0) is 10.7. The van der Waals surface area contributed by atoms with Crippen molar-refractivity contribution < 1.29 is 0 Å². The van der Waals surface area contributed by atoms with E-state index in [1.165, 1.54) is 16.9 Å². The molecule has 15 heavy (non-hydrogen) atoms. The Bertz CT molecular complexity index is 451. The smallest absolute Gasteiger partial charge is 0.203 e. The molecule has 0 saturated carbocycles. The fraction of sp³-hybridized carbons (Fsp3) is 0.273. The Morgan fingerprint density at radius 3 is 2.87 bits per heavy atom. The number of aromatic nitrogens is 2. The number of rotatable bonds is 3. The molecule has 3 nitrogen and oxygen atoms in total. The van der Waals surface area contributed by atoms with Crippen LogP contribution in [0.1, 0.15) is 18.9 Å². The first-order valence-corrected chi connectivity index (χ1v) is 5.79. The molecule has 0 spiro atoms. The largest absolute Gasteiger partial charge is 0.374 e. The van der Waals surface area contributed by atoms with Gasteiger partial charge in [-0.2, -0.15) is 0 Å². The molecule has 2 N–H and O–H groups in total. The van der Waals surface area contributed by atoms with E-state index < -0.39 is 0 Å². The molecule has 1 aromatic carbocycles. The minimum Gasteiger partial charge on any atom is -0.374 e. The number of nitrogen functional groups attached to an aromatic ring is 1. The minimum absolute atomic E-state index is 0.519. The van der Waals surface area contributed by atoms with Crippen molar-refractivity contribution in [2.45, 2.75) is 19.8 Å². The highest BCUT2D eigenvalue weighted by atomic mass is 32.1. The van der Waals surface area contributed by atoms with Gasteiger partial charge in [0.25, 0.3) is 0 Å². The highest BCUT2D eigenvalue weighted by Gasteiger charge is 2.04. The van der Waals surface area contributed by atoms with E-state index in [0.29, 0.717) is 5.13 Å². The van der Waals surface area contributed by atoms with Crippen LogP contribution in [0.25, 0.3) is 10.6 Å². The molecule has 1 heterocycles. The van der Waals surface area contributed by atoms with Crippen LogP contribution in [0.15, 0.2) is 24.3 Å². The lowest BCUT2D eigenvalue weighted by atomic mass is 10.1. The van der Waals surface area contributed by atoms with Crippen molar-refractivity contribution in [1.29, 1.82) is 0 Å². The molecule has 0 amide bonds. The first kappa shape index (κ1) is 10.1. The summed E-state index contributed by atoms with van der Waals surface area (Å²) in [6.45, 7) is 2.18. The average Bonchev–Trinajstić information content (AvgIpc) is 2.66. The van der Waals surface area contributed by atoms with Gasteiger partial charge < -0.3 is 5.73 Å². The molecule has 1 aromatic heterocycles. The molecule has 0 aliphatic rings. The summed E-state index contributed by atoms with van der Waals surface area (Å²) in [6.07, 6.45) is 2.25. The highest BCUT2D eigenvalue weighted by Crippen LogP contribution is 2.25. The van der Waals surface area contributed by atoms with E-state index in [1.54, 1.807) is 0 Å². The number of nitrogens with zero attached hydrogens (tertiary/aromatic N) is 2. The van der Waals surface area contributed by atoms with Gasteiger partial charge in [0, 0.05) is 5.56 Å². The molecule has 0 bridgehead atoms. The molecule has 2 rings (SSSR count). The van der Waals surface area contributed by atoms with Crippen LogP contribution in [0.2, 0.25) is 0 Å². The Morgan fingerprint density at radius 2 is 2.20 bits per heavy atom. The summed E-state index contributed by atoms with van der Waals surface area (Å²) in [6, 6.07) is 8.39. The number of hydrogen-bond donors (Lipinski definition) is 1. The number of benzene rings is 1. The van der Waals surface area contributed by atoms with Crippen LogP contribution in [-0.4, -0.2) is 10.2 Å². The average molecular weight is 219 g/mol. The molecule has 0 aliphatic heterocycles. The lowest BCUT2D eigenvalue weighted by Crippen LogP contribution is -1.84. The van der Waals surface area contributed by atoms with Crippen LogP contribution in [0.5, 0.6) is 0 Å². The van der Waals surface area contributed by atoms with E-state index in [0.717, 1.165) is 23.4 Å². The predicted molar refractivity (Wildman–Crippen MR) is 63.8 cm³/mol. The zero-order valence-corrected chi connectivity index (χ0v) is 9.42. The van der Waals surface area contributed by atoms with Crippen LogP contribution in [0.4, 0.5) is 5.13 Å². The van der Waals surface area contributed by atoms with E-state index in [9.17, 15) is 0 Å². The summed E-state index contributed by atoms with van der Waals surface area (Å²) in [5.41, 5.74) is 8.00. The molecule has 0 fully saturated rings. The number of nitrogens with two attached hydrogens (primary N) is 1. The van der Waals surface area contributed by atoms with Crippen molar-refractivity contribution in [3.63, 3.8) is 0 Å². The van der Waals surface area contributed by atoms with E-state index >= 15 is 0 Å². The normalized spacial score (nSPS) is 10.5. The molecule has 0 radical (unpaired) electrons. The summed E-state index contributed by atoms with van der Waals surface area (Å²) in [7, 11) is 0. The Hall–Kier alpha value is -1.42. The topological polar surface area (TPSA) is 51.8 Å². The molecule has 78 valence electrons. The van der Waals surface area contributed by atoms with Crippen LogP contribution in [-0.2, 0) is 6.42 Å². The van der Waals surface area contributed by atoms with Crippen molar-refractivity contribution in [1.82, 2.24) is 10.2 Å². The SMILES string of the molecule is CCCc1cccc(-c2nnc(N)s2)c1. The Kier molecular flexibility index (Phi) is 2.97. The summed E-state index contributed by atoms with van der Waals surface area (Å²) < 4.78 is 0. The van der Waals surface area contributed by atoms with Crippen LogP contribution >= 0.6 is 11.3 Å². The maximum atomic E-state index is 5.56. The molecular formula is C11H13N3S. The maximum absolute atomic E-state index is 5.56. The van der Waals surface area contributed by atoms with Crippen LogP contribution in [0.3, 0.4) is 0 Å². The second kappa shape index (κ2) is 4.40. The monoisotopic (exact) mass is 219 g/mol. The molecular weight excluding hydrogens is 206 g/mol. The number of anilines is 1. The molecule has 0 aliphatic carbocycles. The fourth-order valence-electron chi connectivity index (χ4n) is 1.50. The van der Waals surface area contributed by atoms with Crippen LogP contribution in [0, 0.1) is 0 Å². The van der Waals surface area contributed by atoms with Gasteiger partial charge in [0.05, 0.1) is 0 Å². The van der Waals surface area contributed by atoms with Gasteiger partial charge in [-0.25, -0.2) is 0 Å². The van der Waals surface area contributed by atoms with Crippen molar-refractivity contribution in [2.24, 2.45) is 0 Å². The van der Waals surface area contributed by atoms with Gasteiger partial charge >= 0.3 is 0 Å². The molecule has 4 heteroatoms. The van der Waals surface area contributed by atoms with Gasteiger partial charge in [0.1, 0.15) is 5.01 Å². The van der Waals surface area contributed by atoms with Crippen molar-refractivity contribution >= 4 is 16.5 Å². The first-order chi connectivity index (χ1) is 7.29. The van der Waals surface area contributed by atoms with Gasteiger partial charge in [0.15, 0.2) is 0 Å². The van der Waals surface area contributed by atoms with Gasteiger partial charge in [-0.3, -0.25) is 0 Å².